The Morgan fingerprint density at radius 3 is 2.20 bits per heavy atom. The number of carbonyl (C=O) groups is 1. The van der Waals surface area contributed by atoms with Gasteiger partial charge < -0.3 is 10.2 Å². The molecule has 4 heteroatoms. The fraction of sp³-hybridized carbons (Fsp3) is 0.938. The molecule has 3 aliphatic rings. The molecule has 0 spiro atoms. The van der Waals surface area contributed by atoms with Crippen molar-refractivity contribution < 1.29 is 4.79 Å². The number of carbonyl (C=O) groups excluding carboxylic acids is 1. The van der Waals surface area contributed by atoms with E-state index in [9.17, 15) is 4.79 Å². The van der Waals surface area contributed by atoms with Crippen LogP contribution >= 0.6 is 12.4 Å². The largest absolute Gasteiger partial charge is 0.342 e. The quantitative estimate of drug-likeness (QED) is 0.866. The van der Waals surface area contributed by atoms with Gasteiger partial charge in [0, 0.05) is 25.0 Å². The van der Waals surface area contributed by atoms with Gasteiger partial charge in [0.05, 0.1) is 0 Å². The van der Waals surface area contributed by atoms with Crippen molar-refractivity contribution in [1.82, 2.24) is 10.2 Å². The Labute approximate surface area is 129 Å². The molecule has 0 unspecified atom stereocenters. The van der Waals surface area contributed by atoms with Crippen molar-refractivity contribution in [1.29, 1.82) is 0 Å². The van der Waals surface area contributed by atoms with E-state index in [4.69, 9.17) is 0 Å². The number of hydrogen-bond donors (Lipinski definition) is 1. The summed E-state index contributed by atoms with van der Waals surface area (Å²) in [6.45, 7) is 3.18. The summed E-state index contributed by atoms with van der Waals surface area (Å²) in [7, 11) is 0. The van der Waals surface area contributed by atoms with Crippen molar-refractivity contribution in [3.05, 3.63) is 0 Å². The lowest BCUT2D eigenvalue weighted by Gasteiger charge is -2.35. The van der Waals surface area contributed by atoms with E-state index in [0.717, 1.165) is 44.7 Å². The number of rotatable bonds is 4. The van der Waals surface area contributed by atoms with Crippen LogP contribution in [0, 0.1) is 11.8 Å². The average Bonchev–Trinajstić information content (AvgIpc) is 3.30. The molecule has 1 N–H and O–H groups in total. The van der Waals surface area contributed by atoms with E-state index in [-0.39, 0.29) is 12.4 Å². The lowest BCUT2D eigenvalue weighted by molar-refractivity contribution is -0.137. The number of halogens is 1. The third-order valence-electron chi connectivity index (χ3n) is 5.15. The minimum atomic E-state index is 0. The predicted molar refractivity (Wildman–Crippen MR) is 84.2 cm³/mol. The minimum absolute atomic E-state index is 0. The Bertz CT molecular complexity index is 306. The number of nitrogens with zero attached hydrogens (tertiary/aromatic N) is 1. The molecule has 1 amide bonds. The van der Waals surface area contributed by atoms with E-state index in [2.05, 4.69) is 10.2 Å². The summed E-state index contributed by atoms with van der Waals surface area (Å²) in [4.78, 5) is 14.6. The Kier molecular flexibility index (Phi) is 6.16. The lowest BCUT2D eigenvalue weighted by atomic mass is 9.87. The van der Waals surface area contributed by atoms with E-state index >= 15 is 0 Å². The molecule has 116 valence electrons. The number of hydrogen-bond acceptors (Lipinski definition) is 2. The summed E-state index contributed by atoms with van der Waals surface area (Å²) < 4.78 is 0. The summed E-state index contributed by atoms with van der Waals surface area (Å²) in [5, 5.41) is 3.68. The maximum Gasteiger partial charge on any atom is 0.225 e. The highest BCUT2D eigenvalue weighted by Crippen LogP contribution is 2.29. The van der Waals surface area contributed by atoms with Crippen LogP contribution in [0.15, 0.2) is 0 Å². The first-order valence-corrected chi connectivity index (χ1v) is 8.35. The molecule has 0 aromatic rings. The highest BCUT2D eigenvalue weighted by molar-refractivity contribution is 5.85. The first kappa shape index (κ1) is 16.1. The number of likely N-dealkylation sites (tertiary alicyclic amines) is 1. The number of amides is 1. The van der Waals surface area contributed by atoms with Gasteiger partial charge in [0.25, 0.3) is 0 Å². The Hall–Kier alpha value is -0.280. The Morgan fingerprint density at radius 2 is 1.60 bits per heavy atom. The van der Waals surface area contributed by atoms with Crippen LogP contribution < -0.4 is 5.32 Å². The maximum absolute atomic E-state index is 12.4. The molecule has 2 aliphatic carbocycles. The maximum atomic E-state index is 12.4. The normalized spacial score (nSPS) is 25.3. The lowest BCUT2D eigenvalue weighted by Crippen LogP contribution is -2.47. The van der Waals surface area contributed by atoms with Crippen molar-refractivity contribution in [3.63, 3.8) is 0 Å². The zero-order valence-electron chi connectivity index (χ0n) is 12.5. The van der Waals surface area contributed by atoms with Gasteiger partial charge in [-0.05, 0) is 51.0 Å². The average molecular weight is 301 g/mol. The zero-order valence-corrected chi connectivity index (χ0v) is 13.3. The van der Waals surface area contributed by atoms with Gasteiger partial charge in [-0.25, -0.2) is 0 Å². The SMILES string of the molecule is Cl.O=C(C1CCCCC1)N1CCC(NCC2CC2)CC1. The summed E-state index contributed by atoms with van der Waals surface area (Å²) in [5.74, 6) is 1.77. The van der Waals surface area contributed by atoms with Gasteiger partial charge in [0.1, 0.15) is 0 Å². The van der Waals surface area contributed by atoms with Gasteiger partial charge in [-0.2, -0.15) is 0 Å². The molecule has 0 atom stereocenters. The van der Waals surface area contributed by atoms with Crippen molar-refractivity contribution in [3.8, 4) is 0 Å². The zero-order chi connectivity index (χ0) is 13.1. The van der Waals surface area contributed by atoms with E-state index in [1.807, 2.05) is 0 Å². The van der Waals surface area contributed by atoms with Crippen molar-refractivity contribution in [2.75, 3.05) is 19.6 Å². The number of piperidine rings is 1. The monoisotopic (exact) mass is 300 g/mol. The van der Waals surface area contributed by atoms with Crippen LogP contribution in [0.5, 0.6) is 0 Å². The van der Waals surface area contributed by atoms with Crippen molar-refractivity contribution in [2.45, 2.75) is 63.8 Å². The standard InChI is InChI=1S/C16H28N2O.ClH/c19-16(14-4-2-1-3-5-14)18-10-8-15(9-11-18)17-12-13-6-7-13;/h13-15,17H,1-12H2;1H. The fourth-order valence-electron chi connectivity index (χ4n) is 3.57. The predicted octanol–water partition coefficient (Wildman–Crippen LogP) is 2.98. The molecule has 3 rings (SSSR count). The molecule has 3 nitrogen and oxygen atoms in total. The van der Waals surface area contributed by atoms with Crippen molar-refractivity contribution in [2.24, 2.45) is 11.8 Å². The van der Waals surface area contributed by atoms with Gasteiger partial charge in [0.2, 0.25) is 5.91 Å². The summed E-state index contributed by atoms with van der Waals surface area (Å²) >= 11 is 0. The third kappa shape index (κ3) is 4.36. The van der Waals surface area contributed by atoms with Gasteiger partial charge in [-0.1, -0.05) is 19.3 Å². The first-order chi connectivity index (χ1) is 9.33. The second-order valence-corrected chi connectivity index (χ2v) is 6.79. The van der Waals surface area contributed by atoms with Crippen LogP contribution in [0.4, 0.5) is 0 Å². The molecule has 0 aromatic heterocycles. The first-order valence-electron chi connectivity index (χ1n) is 8.35. The molecule has 0 aromatic carbocycles. The highest BCUT2D eigenvalue weighted by Gasteiger charge is 2.29. The van der Waals surface area contributed by atoms with Gasteiger partial charge >= 0.3 is 0 Å². The Balaban J connectivity index is 0.00000147. The van der Waals surface area contributed by atoms with Crippen LogP contribution in [0.1, 0.15) is 57.8 Å². The molecule has 20 heavy (non-hydrogen) atoms. The molecular weight excluding hydrogens is 272 g/mol. The molecule has 3 fully saturated rings. The van der Waals surface area contributed by atoms with E-state index in [0.29, 0.717) is 17.9 Å². The van der Waals surface area contributed by atoms with Crippen molar-refractivity contribution >= 4 is 18.3 Å². The minimum Gasteiger partial charge on any atom is -0.342 e. The van der Waals surface area contributed by atoms with E-state index in [1.165, 1.54) is 38.6 Å². The fourth-order valence-corrected chi connectivity index (χ4v) is 3.57. The molecule has 1 saturated heterocycles. The molecule has 1 aliphatic heterocycles. The summed E-state index contributed by atoms with van der Waals surface area (Å²) in [6, 6.07) is 0.663. The summed E-state index contributed by atoms with van der Waals surface area (Å²) in [6.07, 6.45) is 11.3. The van der Waals surface area contributed by atoms with Crippen LogP contribution in [0.3, 0.4) is 0 Å². The van der Waals surface area contributed by atoms with Gasteiger partial charge in [0.15, 0.2) is 0 Å². The Morgan fingerprint density at radius 1 is 0.950 bits per heavy atom. The molecular formula is C16H29ClN2O. The highest BCUT2D eigenvalue weighted by atomic mass is 35.5. The van der Waals surface area contributed by atoms with Gasteiger partial charge in [-0.15, -0.1) is 12.4 Å². The summed E-state index contributed by atoms with van der Waals surface area (Å²) in [5.41, 5.74) is 0. The number of nitrogens with one attached hydrogen (secondary N) is 1. The van der Waals surface area contributed by atoms with E-state index < -0.39 is 0 Å². The second-order valence-electron chi connectivity index (χ2n) is 6.79. The molecule has 1 heterocycles. The molecule has 0 radical (unpaired) electrons. The molecule has 0 bridgehead atoms. The van der Waals surface area contributed by atoms with Crippen LogP contribution in [0.25, 0.3) is 0 Å². The van der Waals surface area contributed by atoms with E-state index in [1.54, 1.807) is 0 Å². The molecule has 2 saturated carbocycles. The third-order valence-corrected chi connectivity index (χ3v) is 5.15. The smallest absolute Gasteiger partial charge is 0.225 e. The second kappa shape index (κ2) is 7.65. The van der Waals surface area contributed by atoms with Crippen LogP contribution in [-0.2, 0) is 4.79 Å². The topological polar surface area (TPSA) is 32.3 Å². The van der Waals surface area contributed by atoms with Crippen LogP contribution in [-0.4, -0.2) is 36.5 Å². The van der Waals surface area contributed by atoms with Gasteiger partial charge in [-0.3, -0.25) is 4.79 Å². The van der Waals surface area contributed by atoms with Crippen LogP contribution in [0.2, 0.25) is 0 Å².